The standard InChI is InChI=1S/C24H24N2O4S/c1-2-4-16-6-8-17(9-7-16)23(21-5-3-12-31-21)26-22(27)14-25-24(28)18-10-11-19-20(13-18)30-15-29-19/h3,5-13,23H,2,4,14-15H2,1H3,(H,25,28)(H,26,27)/t23-/m1/s1. The number of hydrogen-bond donors (Lipinski definition) is 2. The highest BCUT2D eigenvalue weighted by molar-refractivity contribution is 7.10. The van der Waals surface area contributed by atoms with Crippen LogP contribution >= 0.6 is 11.3 Å². The van der Waals surface area contributed by atoms with E-state index < -0.39 is 0 Å². The maximum Gasteiger partial charge on any atom is 0.251 e. The van der Waals surface area contributed by atoms with Gasteiger partial charge in [-0.2, -0.15) is 0 Å². The van der Waals surface area contributed by atoms with Crippen LogP contribution < -0.4 is 20.1 Å². The predicted molar refractivity (Wildman–Crippen MR) is 120 cm³/mol. The Bertz CT molecular complexity index is 1050. The minimum absolute atomic E-state index is 0.122. The molecule has 2 heterocycles. The Morgan fingerprint density at radius 1 is 1.06 bits per heavy atom. The molecule has 1 aliphatic heterocycles. The van der Waals surface area contributed by atoms with E-state index in [2.05, 4.69) is 41.8 Å². The lowest BCUT2D eigenvalue weighted by Gasteiger charge is -2.19. The summed E-state index contributed by atoms with van der Waals surface area (Å²) < 4.78 is 10.6. The van der Waals surface area contributed by atoms with Gasteiger partial charge in [0.25, 0.3) is 5.91 Å². The van der Waals surface area contributed by atoms with Crippen LogP contribution in [0.25, 0.3) is 0 Å². The van der Waals surface area contributed by atoms with Crippen LogP contribution in [0, 0.1) is 0 Å². The maximum atomic E-state index is 12.6. The Morgan fingerprint density at radius 2 is 1.87 bits per heavy atom. The third kappa shape index (κ3) is 5.06. The van der Waals surface area contributed by atoms with E-state index in [0.717, 1.165) is 23.3 Å². The largest absolute Gasteiger partial charge is 0.454 e. The van der Waals surface area contributed by atoms with Crippen molar-refractivity contribution in [2.24, 2.45) is 0 Å². The van der Waals surface area contributed by atoms with Gasteiger partial charge in [-0.15, -0.1) is 11.3 Å². The molecule has 0 saturated carbocycles. The molecule has 0 unspecified atom stereocenters. The summed E-state index contributed by atoms with van der Waals surface area (Å²) in [6, 6.07) is 17.0. The Hall–Kier alpha value is -3.32. The third-order valence-electron chi connectivity index (χ3n) is 5.03. The van der Waals surface area contributed by atoms with Gasteiger partial charge in [0.1, 0.15) is 0 Å². The molecule has 3 aromatic rings. The monoisotopic (exact) mass is 436 g/mol. The highest BCUT2D eigenvalue weighted by Gasteiger charge is 2.20. The summed E-state index contributed by atoms with van der Waals surface area (Å²) in [6.45, 7) is 2.18. The van der Waals surface area contributed by atoms with Crippen molar-refractivity contribution in [3.8, 4) is 11.5 Å². The number of hydrogen-bond acceptors (Lipinski definition) is 5. The Kier molecular flexibility index (Phi) is 6.52. The smallest absolute Gasteiger partial charge is 0.251 e. The quantitative estimate of drug-likeness (QED) is 0.558. The number of carbonyl (C=O) groups is 2. The zero-order chi connectivity index (χ0) is 21.6. The van der Waals surface area contributed by atoms with Gasteiger partial charge in [-0.05, 0) is 47.2 Å². The van der Waals surface area contributed by atoms with Crippen LogP contribution in [0.2, 0.25) is 0 Å². The molecule has 1 atom stereocenters. The first-order chi connectivity index (χ1) is 15.1. The molecule has 2 N–H and O–H groups in total. The van der Waals surface area contributed by atoms with Crippen LogP contribution in [0.3, 0.4) is 0 Å². The molecule has 4 rings (SSSR count). The second-order valence-electron chi connectivity index (χ2n) is 7.26. The van der Waals surface area contributed by atoms with Gasteiger partial charge in [-0.1, -0.05) is 43.7 Å². The number of rotatable bonds is 8. The van der Waals surface area contributed by atoms with Gasteiger partial charge in [0, 0.05) is 10.4 Å². The van der Waals surface area contributed by atoms with Crippen molar-refractivity contribution in [2.75, 3.05) is 13.3 Å². The lowest BCUT2D eigenvalue weighted by Crippen LogP contribution is -2.38. The van der Waals surface area contributed by atoms with Gasteiger partial charge in [0.15, 0.2) is 11.5 Å². The van der Waals surface area contributed by atoms with E-state index in [0.29, 0.717) is 17.1 Å². The van der Waals surface area contributed by atoms with E-state index in [1.54, 1.807) is 29.5 Å². The summed E-state index contributed by atoms with van der Waals surface area (Å²) in [6.07, 6.45) is 2.12. The van der Waals surface area contributed by atoms with Gasteiger partial charge in [-0.25, -0.2) is 0 Å². The fraction of sp³-hybridized carbons (Fsp3) is 0.250. The fourth-order valence-electron chi connectivity index (χ4n) is 3.45. The minimum Gasteiger partial charge on any atom is -0.454 e. The molecule has 0 radical (unpaired) electrons. The zero-order valence-corrected chi connectivity index (χ0v) is 18.0. The number of ether oxygens (including phenoxy) is 2. The molecular weight excluding hydrogens is 412 g/mol. The van der Waals surface area contributed by atoms with Crippen molar-refractivity contribution in [1.29, 1.82) is 0 Å². The summed E-state index contributed by atoms with van der Waals surface area (Å²) >= 11 is 1.59. The zero-order valence-electron chi connectivity index (χ0n) is 17.2. The van der Waals surface area contributed by atoms with Crippen molar-refractivity contribution in [1.82, 2.24) is 10.6 Å². The first kappa shape index (κ1) is 20.9. The summed E-state index contributed by atoms with van der Waals surface area (Å²) in [7, 11) is 0. The maximum absolute atomic E-state index is 12.6. The van der Waals surface area contributed by atoms with Gasteiger partial charge in [0.2, 0.25) is 12.7 Å². The normalized spacial score (nSPS) is 12.9. The number of thiophene rings is 1. The lowest BCUT2D eigenvalue weighted by molar-refractivity contribution is -0.120. The number of fused-ring (bicyclic) bond motifs is 1. The molecule has 160 valence electrons. The van der Waals surface area contributed by atoms with Crippen molar-refractivity contribution >= 4 is 23.2 Å². The Balaban J connectivity index is 1.40. The van der Waals surface area contributed by atoms with E-state index in [1.807, 2.05) is 17.5 Å². The molecule has 2 amide bonds. The topological polar surface area (TPSA) is 76.7 Å². The van der Waals surface area contributed by atoms with Crippen LogP contribution in [-0.4, -0.2) is 25.2 Å². The molecule has 0 bridgehead atoms. The van der Waals surface area contributed by atoms with Crippen molar-refractivity contribution in [2.45, 2.75) is 25.8 Å². The summed E-state index contributed by atoms with van der Waals surface area (Å²) in [5.74, 6) is 0.537. The van der Waals surface area contributed by atoms with Crippen molar-refractivity contribution in [3.05, 3.63) is 81.5 Å². The molecule has 2 aromatic carbocycles. The predicted octanol–water partition coefficient (Wildman–Crippen LogP) is 4.06. The molecular formula is C24H24N2O4S. The molecule has 6 nitrogen and oxygen atoms in total. The van der Waals surface area contributed by atoms with E-state index in [-0.39, 0.29) is 31.2 Å². The molecule has 7 heteroatoms. The third-order valence-corrected chi connectivity index (χ3v) is 5.97. The fourth-order valence-corrected chi connectivity index (χ4v) is 4.25. The van der Waals surface area contributed by atoms with Crippen molar-refractivity contribution in [3.63, 3.8) is 0 Å². The van der Waals surface area contributed by atoms with Gasteiger partial charge < -0.3 is 20.1 Å². The minimum atomic E-state index is -0.343. The average Bonchev–Trinajstić information content (AvgIpc) is 3.48. The second kappa shape index (κ2) is 9.66. The van der Waals surface area contributed by atoms with E-state index >= 15 is 0 Å². The van der Waals surface area contributed by atoms with Gasteiger partial charge in [-0.3, -0.25) is 9.59 Å². The number of aryl methyl sites for hydroxylation is 1. The molecule has 1 aliphatic rings. The number of carbonyl (C=O) groups excluding carboxylic acids is 2. The first-order valence-electron chi connectivity index (χ1n) is 10.2. The van der Waals surface area contributed by atoms with Gasteiger partial charge in [0.05, 0.1) is 12.6 Å². The van der Waals surface area contributed by atoms with Gasteiger partial charge >= 0.3 is 0 Å². The SMILES string of the molecule is CCCc1ccc([C@@H](NC(=O)CNC(=O)c2ccc3c(c2)OCO3)c2cccs2)cc1. The van der Waals surface area contributed by atoms with Crippen LogP contribution in [0.15, 0.2) is 60.0 Å². The lowest BCUT2D eigenvalue weighted by atomic mass is 10.0. The van der Waals surface area contributed by atoms with Crippen LogP contribution in [0.5, 0.6) is 11.5 Å². The number of amides is 2. The Labute approximate surface area is 185 Å². The molecule has 1 aromatic heterocycles. The van der Waals surface area contributed by atoms with Crippen molar-refractivity contribution < 1.29 is 19.1 Å². The summed E-state index contributed by atoms with van der Waals surface area (Å²) in [5.41, 5.74) is 2.70. The highest BCUT2D eigenvalue weighted by atomic mass is 32.1. The molecule has 0 fully saturated rings. The van der Waals surface area contributed by atoms with Crippen LogP contribution in [0.4, 0.5) is 0 Å². The summed E-state index contributed by atoms with van der Waals surface area (Å²) in [4.78, 5) is 26.1. The molecule has 0 spiro atoms. The molecule has 0 saturated heterocycles. The Morgan fingerprint density at radius 3 is 2.61 bits per heavy atom. The van der Waals surface area contributed by atoms with E-state index in [1.165, 1.54) is 5.56 Å². The highest BCUT2D eigenvalue weighted by Crippen LogP contribution is 2.32. The first-order valence-corrected chi connectivity index (χ1v) is 11.1. The number of nitrogens with one attached hydrogen (secondary N) is 2. The molecule has 31 heavy (non-hydrogen) atoms. The summed E-state index contributed by atoms with van der Waals surface area (Å²) in [5, 5.41) is 7.71. The number of benzene rings is 2. The molecule has 0 aliphatic carbocycles. The second-order valence-corrected chi connectivity index (χ2v) is 8.24. The van der Waals surface area contributed by atoms with E-state index in [4.69, 9.17) is 9.47 Å². The average molecular weight is 437 g/mol. The van der Waals surface area contributed by atoms with Crippen LogP contribution in [-0.2, 0) is 11.2 Å². The van der Waals surface area contributed by atoms with E-state index in [9.17, 15) is 9.59 Å². The van der Waals surface area contributed by atoms with Crippen LogP contribution in [0.1, 0.15) is 45.7 Å².